The first kappa shape index (κ1) is 12.1. The van der Waals surface area contributed by atoms with E-state index in [1.165, 1.54) is 0 Å². The van der Waals surface area contributed by atoms with Crippen molar-refractivity contribution in [1.29, 1.82) is 0 Å². The Morgan fingerprint density at radius 3 is 2.39 bits per heavy atom. The average Bonchev–Trinajstić information content (AvgIpc) is 2.46. The van der Waals surface area contributed by atoms with Crippen LogP contribution in [0.25, 0.3) is 11.1 Å². The lowest BCUT2D eigenvalue weighted by molar-refractivity contribution is 0.111. The molecule has 4 heteroatoms. The van der Waals surface area contributed by atoms with Crippen molar-refractivity contribution >= 4 is 6.29 Å². The summed E-state index contributed by atoms with van der Waals surface area (Å²) in [5.74, 6) is 1.32. The highest BCUT2D eigenvalue weighted by atomic mass is 16.5. The van der Waals surface area contributed by atoms with E-state index in [0.29, 0.717) is 17.2 Å². The highest BCUT2D eigenvalue weighted by Gasteiger charge is 2.06. The fourth-order valence-electron chi connectivity index (χ4n) is 1.71. The largest absolute Gasteiger partial charge is 0.493 e. The number of hydrogen-bond donors (Lipinski definition) is 0. The lowest BCUT2D eigenvalue weighted by atomic mass is 10.1. The van der Waals surface area contributed by atoms with Gasteiger partial charge in [0.25, 0.3) is 0 Å². The molecule has 0 unspecified atom stereocenters. The summed E-state index contributed by atoms with van der Waals surface area (Å²) >= 11 is 0. The highest BCUT2D eigenvalue weighted by molar-refractivity contribution is 5.76. The number of nitrogens with zero attached hydrogens (tertiary/aromatic N) is 1. The number of hydrogen-bond acceptors (Lipinski definition) is 4. The van der Waals surface area contributed by atoms with Crippen LogP contribution in [-0.2, 0) is 0 Å². The minimum atomic E-state index is 0.405. The monoisotopic (exact) mass is 243 g/mol. The smallest absolute Gasteiger partial charge is 0.168 e. The molecule has 0 amide bonds. The third kappa shape index (κ3) is 2.32. The molecule has 0 atom stereocenters. The molecule has 0 N–H and O–H groups in total. The van der Waals surface area contributed by atoms with Crippen LogP contribution < -0.4 is 9.47 Å². The zero-order valence-corrected chi connectivity index (χ0v) is 10.2. The molecule has 1 aromatic carbocycles. The van der Waals surface area contributed by atoms with Gasteiger partial charge in [-0.1, -0.05) is 6.07 Å². The van der Waals surface area contributed by atoms with Crippen molar-refractivity contribution in [1.82, 2.24) is 4.98 Å². The second kappa shape index (κ2) is 5.31. The van der Waals surface area contributed by atoms with Gasteiger partial charge in [0, 0.05) is 6.20 Å². The van der Waals surface area contributed by atoms with Gasteiger partial charge in [0.05, 0.1) is 14.2 Å². The Labute approximate surface area is 105 Å². The summed E-state index contributed by atoms with van der Waals surface area (Å²) in [5, 5.41) is 0. The number of aromatic nitrogens is 1. The molecule has 2 aromatic rings. The number of aldehydes is 1. The van der Waals surface area contributed by atoms with Crippen LogP contribution in [0.3, 0.4) is 0 Å². The molecule has 2 rings (SSSR count). The number of methoxy groups -OCH3 is 2. The molecule has 0 bridgehead atoms. The number of carbonyl (C=O) groups excluding carboxylic acids is 1. The molecule has 4 nitrogen and oxygen atoms in total. The molecule has 0 aliphatic rings. The van der Waals surface area contributed by atoms with E-state index in [0.717, 1.165) is 17.4 Å². The van der Waals surface area contributed by atoms with E-state index in [1.54, 1.807) is 26.5 Å². The first-order valence-corrected chi connectivity index (χ1v) is 5.42. The van der Waals surface area contributed by atoms with Crippen LogP contribution in [-0.4, -0.2) is 25.5 Å². The molecule has 1 aromatic heterocycles. The standard InChI is InChI=1S/C14H13NO3/c1-17-13-4-3-10(8-14(13)18-2)11-5-6-15-12(7-11)9-16/h3-9H,1-2H3. The van der Waals surface area contributed by atoms with E-state index in [1.807, 2.05) is 24.3 Å². The molecule has 0 radical (unpaired) electrons. The fraction of sp³-hybridized carbons (Fsp3) is 0.143. The summed E-state index contributed by atoms with van der Waals surface area (Å²) in [4.78, 5) is 14.6. The van der Waals surface area contributed by atoms with E-state index < -0.39 is 0 Å². The summed E-state index contributed by atoms with van der Waals surface area (Å²) < 4.78 is 10.4. The van der Waals surface area contributed by atoms with Crippen LogP contribution in [0, 0.1) is 0 Å². The summed E-state index contributed by atoms with van der Waals surface area (Å²) in [7, 11) is 3.18. The Hall–Kier alpha value is -2.36. The summed E-state index contributed by atoms with van der Waals surface area (Å²) in [5.41, 5.74) is 2.26. The number of carbonyl (C=O) groups is 1. The first-order chi connectivity index (χ1) is 8.78. The Morgan fingerprint density at radius 2 is 1.72 bits per heavy atom. The van der Waals surface area contributed by atoms with E-state index in [4.69, 9.17) is 9.47 Å². The maximum atomic E-state index is 10.7. The van der Waals surface area contributed by atoms with Crippen LogP contribution in [0.1, 0.15) is 10.5 Å². The molecule has 92 valence electrons. The maximum Gasteiger partial charge on any atom is 0.168 e. The van der Waals surface area contributed by atoms with Gasteiger partial charge in [-0.3, -0.25) is 9.78 Å². The zero-order valence-electron chi connectivity index (χ0n) is 10.2. The predicted octanol–water partition coefficient (Wildman–Crippen LogP) is 2.58. The topological polar surface area (TPSA) is 48.4 Å². The first-order valence-electron chi connectivity index (χ1n) is 5.42. The Kier molecular flexibility index (Phi) is 3.57. The van der Waals surface area contributed by atoms with Crippen molar-refractivity contribution in [3.8, 4) is 22.6 Å². The van der Waals surface area contributed by atoms with Crippen molar-refractivity contribution in [3.05, 3.63) is 42.2 Å². The van der Waals surface area contributed by atoms with Crippen molar-refractivity contribution in [2.75, 3.05) is 14.2 Å². The molecule has 0 fully saturated rings. The minimum Gasteiger partial charge on any atom is -0.493 e. The molecular weight excluding hydrogens is 230 g/mol. The number of ether oxygens (including phenoxy) is 2. The lowest BCUT2D eigenvalue weighted by Crippen LogP contribution is -1.92. The van der Waals surface area contributed by atoms with Gasteiger partial charge < -0.3 is 9.47 Å². The van der Waals surface area contributed by atoms with Crippen LogP contribution in [0.4, 0.5) is 0 Å². The van der Waals surface area contributed by atoms with Gasteiger partial charge in [-0.15, -0.1) is 0 Å². The van der Waals surface area contributed by atoms with Gasteiger partial charge in [0.15, 0.2) is 17.8 Å². The van der Waals surface area contributed by atoms with Crippen molar-refractivity contribution in [3.63, 3.8) is 0 Å². The Balaban J connectivity index is 2.47. The number of benzene rings is 1. The molecule has 0 spiro atoms. The van der Waals surface area contributed by atoms with E-state index in [-0.39, 0.29) is 0 Å². The SMILES string of the molecule is COc1ccc(-c2ccnc(C=O)c2)cc1OC. The van der Waals surface area contributed by atoms with Crippen LogP contribution in [0.5, 0.6) is 11.5 Å². The second-order valence-corrected chi connectivity index (χ2v) is 3.66. The Morgan fingerprint density at radius 1 is 1.00 bits per heavy atom. The van der Waals surface area contributed by atoms with Crippen LogP contribution >= 0.6 is 0 Å². The zero-order chi connectivity index (χ0) is 13.0. The summed E-state index contributed by atoms with van der Waals surface area (Å²) in [6.07, 6.45) is 2.33. The Bertz CT molecular complexity index is 567. The van der Waals surface area contributed by atoms with Crippen LogP contribution in [0.2, 0.25) is 0 Å². The molecule has 0 saturated carbocycles. The molecule has 0 aliphatic heterocycles. The third-order valence-electron chi connectivity index (χ3n) is 2.62. The molecule has 18 heavy (non-hydrogen) atoms. The van der Waals surface area contributed by atoms with Gasteiger partial charge in [0.2, 0.25) is 0 Å². The van der Waals surface area contributed by atoms with Crippen molar-refractivity contribution < 1.29 is 14.3 Å². The quantitative estimate of drug-likeness (QED) is 0.774. The van der Waals surface area contributed by atoms with E-state index in [9.17, 15) is 4.79 Å². The van der Waals surface area contributed by atoms with Gasteiger partial charge in [-0.25, -0.2) is 0 Å². The van der Waals surface area contributed by atoms with E-state index >= 15 is 0 Å². The molecular formula is C14H13NO3. The molecule has 1 heterocycles. The molecule has 0 saturated heterocycles. The summed E-state index contributed by atoms with van der Waals surface area (Å²) in [6.45, 7) is 0. The minimum absolute atomic E-state index is 0.405. The summed E-state index contributed by atoms with van der Waals surface area (Å²) in [6, 6.07) is 9.17. The number of rotatable bonds is 4. The van der Waals surface area contributed by atoms with Crippen LogP contribution in [0.15, 0.2) is 36.5 Å². The maximum absolute atomic E-state index is 10.7. The predicted molar refractivity (Wildman–Crippen MR) is 68.2 cm³/mol. The normalized spacial score (nSPS) is 9.89. The second-order valence-electron chi connectivity index (χ2n) is 3.66. The fourth-order valence-corrected chi connectivity index (χ4v) is 1.71. The van der Waals surface area contributed by atoms with Gasteiger partial charge in [0.1, 0.15) is 5.69 Å². The van der Waals surface area contributed by atoms with Gasteiger partial charge >= 0.3 is 0 Å². The van der Waals surface area contributed by atoms with Gasteiger partial charge in [-0.2, -0.15) is 0 Å². The third-order valence-corrected chi connectivity index (χ3v) is 2.62. The highest BCUT2D eigenvalue weighted by Crippen LogP contribution is 2.32. The lowest BCUT2D eigenvalue weighted by Gasteiger charge is -2.09. The number of pyridine rings is 1. The van der Waals surface area contributed by atoms with Crippen molar-refractivity contribution in [2.45, 2.75) is 0 Å². The average molecular weight is 243 g/mol. The molecule has 0 aliphatic carbocycles. The van der Waals surface area contributed by atoms with Crippen molar-refractivity contribution in [2.24, 2.45) is 0 Å². The van der Waals surface area contributed by atoms with E-state index in [2.05, 4.69) is 4.98 Å². The van der Waals surface area contributed by atoms with Gasteiger partial charge in [-0.05, 0) is 35.4 Å².